The van der Waals surface area contributed by atoms with Gasteiger partial charge < -0.3 is 14.8 Å². The highest BCUT2D eigenvalue weighted by molar-refractivity contribution is 14.0. The number of guanidine groups is 1. The molecule has 0 saturated heterocycles. The minimum atomic E-state index is 0. The molecule has 6 nitrogen and oxygen atoms in total. The Kier molecular flexibility index (Phi) is 10.3. The number of thioether (sulfide) groups is 1. The third kappa shape index (κ3) is 7.16. The molecule has 0 aliphatic heterocycles. The first-order chi connectivity index (χ1) is 13.7. The molecule has 1 aromatic heterocycles. The lowest BCUT2D eigenvalue weighted by Gasteiger charge is -2.25. The predicted molar refractivity (Wildman–Crippen MR) is 132 cm³/mol. The van der Waals surface area contributed by atoms with Crippen LogP contribution in [0.5, 0.6) is 0 Å². The van der Waals surface area contributed by atoms with E-state index >= 15 is 0 Å². The average Bonchev–Trinajstić information content (AvgIpc) is 3.39. The van der Waals surface area contributed by atoms with Gasteiger partial charge in [0.25, 0.3) is 0 Å². The second-order valence-corrected chi connectivity index (χ2v) is 8.21. The quantitative estimate of drug-likeness (QED) is 0.241. The number of aryl methyl sites for hydroxylation is 1. The fourth-order valence-corrected chi connectivity index (χ4v) is 4.02. The number of aromatic nitrogens is 3. The summed E-state index contributed by atoms with van der Waals surface area (Å²) in [7, 11) is 2.12. The highest BCUT2D eigenvalue weighted by atomic mass is 127. The summed E-state index contributed by atoms with van der Waals surface area (Å²) in [6.07, 6.45) is 9.90. The Hall–Kier alpha value is -1.29. The summed E-state index contributed by atoms with van der Waals surface area (Å²) in [5.41, 5.74) is 1.30. The molecule has 1 heterocycles. The van der Waals surface area contributed by atoms with Crippen LogP contribution in [0.1, 0.15) is 44.0 Å². The molecule has 1 saturated carbocycles. The Labute approximate surface area is 196 Å². The smallest absolute Gasteiger partial charge is 0.194 e. The number of nitrogens with zero attached hydrogens (tertiary/aromatic N) is 5. The highest BCUT2D eigenvalue weighted by Gasteiger charge is 2.18. The number of halogens is 1. The van der Waals surface area contributed by atoms with E-state index < -0.39 is 0 Å². The van der Waals surface area contributed by atoms with Gasteiger partial charge in [-0.25, -0.2) is 0 Å². The van der Waals surface area contributed by atoms with E-state index in [0.29, 0.717) is 6.04 Å². The molecule has 3 rings (SSSR count). The lowest BCUT2D eigenvalue weighted by molar-refractivity contribution is 0.456. The molecule has 1 aromatic carbocycles. The van der Waals surface area contributed by atoms with Crippen molar-refractivity contribution in [3.05, 3.63) is 42.0 Å². The van der Waals surface area contributed by atoms with E-state index in [1.54, 1.807) is 18.1 Å². The van der Waals surface area contributed by atoms with Crippen molar-refractivity contribution in [1.82, 2.24) is 25.0 Å². The van der Waals surface area contributed by atoms with Gasteiger partial charge in [-0.05, 0) is 36.8 Å². The van der Waals surface area contributed by atoms with Crippen LogP contribution in [-0.2, 0) is 19.5 Å². The summed E-state index contributed by atoms with van der Waals surface area (Å²) >= 11 is 1.77. The van der Waals surface area contributed by atoms with E-state index in [1.165, 1.54) is 36.1 Å². The number of rotatable bonds is 8. The molecule has 29 heavy (non-hydrogen) atoms. The monoisotopic (exact) mass is 528 g/mol. The second-order valence-electron chi connectivity index (χ2n) is 7.33. The molecule has 1 aliphatic rings. The molecular formula is C21H33IN6S. The van der Waals surface area contributed by atoms with Gasteiger partial charge in [-0.2, -0.15) is 0 Å². The fourth-order valence-electron chi connectivity index (χ4n) is 3.61. The van der Waals surface area contributed by atoms with Crippen LogP contribution < -0.4 is 5.32 Å². The van der Waals surface area contributed by atoms with Crippen molar-refractivity contribution in [1.29, 1.82) is 0 Å². The van der Waals surface area contributed by atoms with Gasteiger partial charge in [0.05, 0.1) is 6.54 Å². The van der Waals surface area contributed by atoms with E-state index in [-0.39, 0.29) is 24.0 Å². The van der Waals surface area contributed by atoms with Crippen LogP contribution in [0, 0.1) is 0 Å². The molecule has 0 atom stereocenters. The first-order valence-electron chi connectivity index (χ1n) is 10.2. The first-order valence-corrected chi connectivity index (χ1v) is 11.4. The van der Waals surface area contributed by atoms with Gasteiger partial charge in [0.15, 0.2) is 5.96 Å². The Bertz CT molecular complexity index is 755. The largest absolute Gasteiger partial charge is 0.354 e. The van der Waals surface area contributed by atoms with Gasteiger partial charge in [-0.1, -0.05) is 31.9 Å². The number of nitrogens with one attached hydrogen (secondary N) is 1. The van der Waals surface area contributed by atoms with Crippen molar-refractivity contribution in [2.45, 2.75) is 63.1 Å². The SMILES string of the molecule is CCc1nncn1CCN=C(NC1CCCC1)N(C)Cc1ccc(SC)cc1.I. The maximum Gasteiger partial charge on any atom is 0.194 e. The maximum absolute atomic E-state index is 4.92. The van der Waals surface area contributed by atoms with E-state index in [2.05, 4.69) is 69.5 Å². The zero-order valence-electron chi connectivity index (χ0n) is 17.7. The number of hydrogen-bond acceptors (Lipinski definition) is 4. The zero-order valence-corrected chi connectivity index (χ0v) is 20.8. The average molecular weight is 529 g/mol. The standard InChI is InChI=1S/C21H32N6S.HI/c1-4-20-25-23-16-27(20)14-13-22-21(24-18-7-5-6-8-18)26(2)15-17-9-11-19(28-3)12-10-17;/h9-12,16,18H,4-8,13-15H2,1-3H3,(H,22,24);1H. The maximum atomic E-state index is 4.92. The molecule has 0 unspecified atom stereocenters. The normalized spacial score (nSPS) is 14.7. The van der Waals surface area contributed by atoms with Crippen LogP contribution >= 0.6 is 35.7 Å². The molecule has 0 spiro atoms. The molecular weight excluding hydrogens is 495 g/mol. The second kappa shape index (κ2) is 12.4. The van der Waals surface area contributed by atoms with Crippen LogP contribution in [-0.4, -0.2) is 51.5 Å². The van der Waals surface area contributed by atoms with Gasteiger partial charge in [0.2, 0.25) is 0 Å². The summed E-state index contributed by atoms with van der Waals surface area (Å²) in [5, 5.41) is 11.9. The molecule has 0 amide bonds. The van der Waals surface area contributed by atoms with Crippen LogP contribution in [0.4, 0.5) is 0 Å². The summed E-state index contributed by atoms with van der Waals surface area (Å²) in [6, 6.07) is 9.34. The van der Waals surface area contributed by atoms with Crippen LogP contribution in [0.25, 0.3) is 0 Å². The Balaban J connectivity index is 0.00000300. The van der Waals surface area contributed by atoms with Gasteiger partial charge in [0, 0.05) is 37.5 Å². The number of benzene rings is 1. The lowest BCUT2D eigenvalue weighted by Crippen LogP contribution is -2.43. The third-order valence-corrected chi connectivity index (χ3v) is 5.99. The van der Waals surface area contributed by atoms with E-state index in [0.717, 1.165) is 37.8 Å². The summed E-state index contributed by atoms with van der Waals surface area (Å²) in [6.45, 7) is 4.48. The predicted octanol–water partition coefficient (Wildman–Crippen LogP) is 4.20. The minimum Gasteiger partial charge on any atom is -0.354 e. The third-order valence-electron chi connectivity index (χ3n) is 5.24. The molecule has 1 aliphatic carbocycles. The fraction of sp³-hybridized carbons (Fsp3) is 0.571. The van der Waals surface area contributed by atoms with Crippen LogP contribution in [0.3, 0.4) is 0 Å². The van der Waals surface area contributed by atoms with Crippen LogP contribution in [0.2, 0.25) is 0 Å². The molecule has 2 aromatic rings. The van der Waals surface area contributed by atoms with Crippen molar-refractivity contribution in [2.24, 2.45) is 4.99 Å². The molecule has 8 heteroatoms. The molecule has 0 radical (unpaired) electrons. The summed E-state index contributed by atoms with van der Waals surface area (Å²) in [4.78, 5) is 8.45. The van der Waals surface area contributed by atoms with Crippen LogP contribution in [0.15, 0.2) is 40.5 Å². The number of hydrogen-bond donors (Lipinski definition) is 1. The minimum absolute atomic E-state index is 0. The molecule has 160 valence electrons. The van der Waals surface area contributed by atoms with Gasteiger partial charge in [0.1, 0.15) is 12.2 Å². The van der Waals surface area contributed by atoms with Crippen molar-refractivity contribution in [3.63, 3.8) is 0 Å². The Morgan fingerprint density at radius 2 is 2.00 bits per heavy atom. The van der Waals surface area contributed by atoms with E-state index in [9.17, 15) is 0 Å². The lowest BCUT2D eigenvalue weighted by atomic mass is 10.2. The van der Waals surface area contributed by atoms with E-state index in [4.69, 9.17) is 4.99 Å². The van der Waals surface area contributed by atoms with Crippen molar-refractivity contribution in [2.75, 3.05) is 19.8 Å². The van der Waals surface area contributed by atoms with Crippen molar-refractivity contribution >= 4 is 41.7 Å². The zero-order chi connectivity index (χ0) is 19.8. The topological polar surface area (TPSA) is 58.3 Å². The molecule has 1 fully saturated rings. The highest BCUT2D eigenvalue weighted by Crippen LogP contribution is 2.19. The Morgan fingerprint density at radius 1 is 1.28 bits per heavy atom. The first kappa shape index (κ1) is 24.0. The number of aliphatic imine (C=N–C) groups is 1. The molecule has 0 bridgehead atoms. The van der Waals surface area contributed by atoms with Crippen molar-refractivity contribution < 1.29 is 0 Å². The van der Waals surface area contributed by atoms with Crippen molar-refractivity contribution in [3.8, 4) is 0 Å². The van der Waals surface area contributed by atoms with Gasteiger partial charge >= 0.3 is 0 Å². The van der Waals surface area contributed by atoms with Gasteiger partial charge in [-0.15, -0.1) is 45.9 Å². The Morgan fingerprint density at radius 3 is 2.66 bits per heavy atom. The van der Waals surface area contributed by atoms with E-state index in [1.807, 2.05) is 0 Å². The summed E-state index contributed by atoms with van der Waals surface area (Å²) < 4.78 is 2.10. The summed E-state index contributed by atoms with van der Waals surface area (Å²) in [5.74, 6) is 2.01. The molecule has 1 N–H and O–H groups in total. The van der Waals surface area contributed by atoms with Gasteiger partial charge in [-0.3, -0.25) is 4.99 Å².